The Morgan fingerprint density at radius 1 is 1.40 bits per heavy atom. The Kier molecular flexibility index (Phi) is 5.69. The molecule has 0 aliphatic heterocycles. The van der Waals surface area contributed by atoms with Gasteiger partial charge in [-0.3, -0.25) is 0 Å². The maximum absolute atomic E-state index is 5.92. The molecule has 0 amide bonds. The van der Waals surface area contributed by atoms with Crippen LogP contribution in [0.15, 0.2) is 24.3 Å². The van der Waals surface area contributed by atoms with E-state index in [0.717, 1.165) is 31.1 Å². The van der Waals surface area contributed by atoms with Crippen molar-refractivity contribution in [2.75, 3.05) is 27.3 Å². The summed E-state index contributed by atoms with van der Waals surface area (Å²) in [6, 6.07) is 7.99. The molecule has 0 aliphatic rings. The summed E-state index contributed by atoms with van der Waals surface area (Å²) in [5.74, 6) is 0. The van der Waals surface area contributed by atoms with Gasteiger partial charge in [0.05, 0.1) is 0 Å². The highest BCUT2D eigenvalue weighted by molar-refractivity contribution is 6.30. The van der Waals surface area contributed by atoms with Crippen LogP contribution in [0.4, 0.5) is 0 Å². The van der Waals surface area contributed by atoms with Gasteiger partial charge < -0.3 is 9.64 Å². The third-order valence-electron chi connectivity index (χ3n) is 2.23. The highest BCUT2D eigenvalue weighted by atomic mass is 35.5. The van der Waals surface area contributed by atoms with Crippen LogP contribution < -0.4 is 0 Å². The van der Waals surface area contributed by atoms with Gasteiger partial charge in [-0.2, -0.15) is 0 Å². The van der Waals surface area contributed by atoms with Gasteiger partial charge >= 0.3 is 0 Å². The number of halogens is 1. The maximum Gasteiger partial charge on any atom is 0.0474 e. The second-order valence-corrected chi connectivity index (χ2v) is 4.15. The van der Waals surface area contributed by atoms with Crippen LogP contribution in [0.25, 0.3) is 0 Å². The lowest BCUT2D eigenvalue weighted by atomic mass is 10.2. The maximum atomic E-state index is 5.92. The summed E-state index contributed by atoms with van der Waals surface area (Å²) >= 11 is 5.92. The lowest BCUT2D eigenvalue weighted by molar-refractivity contribution is 0.178. The van der Waals surface area contributed by atoms with Gasteiger partial charge in [-0.25, -0.2) is 0 Å². The van der Waals surface area contributed by atoms with E-state index in [1.165, 1.54) is 5.56 Å². The largest absolute Gasteiger partial charge is 0.385 e. The minimum atomic E-state index is 0.804. The van der Waals surface area contributed by atoms with E-state index in [0.29, 0.717) is 0 Å². The Morgan fingerprint density at radius 3 is 2.87 bits per heavy atom. The molecule has 0 fully saturated rings. The molecule has 0 unspecified atom stereocenters. The van der Waals surface area contributed by atoms with E-state index in [4.69, 9.17) is 16.3 Å². The topological polar surface area (TPSA) is 12.5 Å². The van der Waals surface area contributed by atoms with Gasteiger partial charge in [0.2, 0.25) is 0 Å². The van der Waals surface area contributed by atoms with Crippen molar-refractivity contribution >= 4 is 11.6 Å². The molecule has 3 heteroatoms. The number of hydrogen-bond donors (Lipinski definition) is 0. The fourth-order valence-electron chi connectivity index (χ4n) is 1.50. The molecule has 1 aromatic rings. The summed E-state index contributed by atoms with van der Waals surface area (Å²) in [5.41, 5.74) is 1.25. The quantitative estimate of drug-likeness (QED) is 0.693. The average molecular weight is 228 g/mol. The van der Waals surface area contributed by atoms with E-state index in [2.05, 4.69) is 18.0 Å². The molecule has 0 aromatic heterocycles. The second kappa shape index (κ2) is 6.83. The predicted octanol–water partition coefficient (Wildman–Crippen LogP) is 2.81. The first-order chi connectivity index (χ1) is 7.22. The van der Waals surface area contributed by atoms with Gasteiger partial charge in [-0.05, 0) is 31.2 Å². The molecule has 0 saturated carbocycles. The van der Waals surface area contributed by atoms with Crippen molar-refractivity contribution in [3.05, 3.63) is 34.9 Å². The van der Waals surface area contributed by atoms with Crippen molar-refractivity contribution in [1.29, 1.82) is 0 Å². The summed E-state index contributed by atoms with van der Waals surface area (Å²) in [6.45, 7) is 2.80. The average Bonchev–Trinajstić information content (AvgIpc) is 2.18. The van der Waals surface area contributed by atoms with Crippen LogP contribution >= 0.6 is 11.6 Å². The Morgan fingerprint density at radius 2 is 2.20 bits per heavy atom. The van der Waals surface area contributed by atoms with E-state index in [9.17, 15) is 0 Å². The van der Waals surface area contributed by atoms with Gasteiger partial charge in [-0.1, -0.05) is 23.7 Å². The van der Waals surface area contributed by atoms with Gasteiger partial charge in [0, 0.05) is 31.8 Å². The van der Waals surface area contributed by atoms with Crippen molar-refractivity contribution in [2.45, 2.75) is 13.0 Å². The van der Waals surface area contributed by atoms with Crippen LogP contribution in [0.1, 0.15) is 12.0 Å². The van der Waals surface area contributed by atoms with Gasteiger partial charge in [0.25, 0.3) is 0 Å². The summed E-state index contributed by atoms with van der Waals surface area (Å²) in [4.78, 5) is 2.27. The van der Waals surface area contributed by atoms with Crippen molar-refractivity contribution in [1.82, 2.24) is 4.90 Å². The zero-order valence-corrected chi connectivity index (χ0v) is 10.1. The SMILES string of the molecule is COCCCN(C)Cc1cccc(Cl)c1. The van der Waals surface area contributed by atoms with Crippen molar-refractivity contribution in [2.24, 2.45) is 0 Å². The smallest absolute Gasteiger partial charge is 0.0474 e. The second-order valence-electron chi connectivity index (χ2n) is 3.71. The first kappa shape index (κ1) is 12.5. The lowest BCUT2D eigenvalue weighted by Crippen LogP contribution is -2.20. The van der Waals surface area contributed by atoms with Gasteiger partial charge in [-0.15, -0.1) is 0 Å². The monoisotopic (exact) mass is 227 g/mol. The van der Waals surface area contributed by atoms with Crippen LogP contribution in [0, 0.1) is 0 Å². The number of hydrogen-bond acceptors (Lipinski definition) is 2. The molecule has 0 saturated heterocycles. The first-order valence-corrected chi connectivity index (χ1v) is 5.52. The lowest BCUT2D eigenvalue weighted by Gasteiger charge is -2.16. The molecular formula is C12H18ClNO. The molecule has 2 nitrogen and oxygen atoms in total. The van der Waals surface area contributed by atoms with E-state index in [1.807, 2.05) is 18.2 Å². The summed E-state index contributed by atoms with van der Waals surface area (Å²) in [6.07, 6.45) is 1.06. The standard InChI is InChI=1S/C12H18ClNO/c1-14(7-4-8-15-2)10-11-5-3-6-12(13)9-11/h3,5-6,9H,4,7-8,10H2,1-2H3. The number of methoxy groups -OCH3 is 1. The van der Waals surface area contributed by atoms with Crippen LogP contribution in [-0.4, -0.2) is 32.2 Å². The van der Waals surface area contributed by atoms with E-state index < -0.39 is 0 Å². The Hall–Kier alpha value is -0.570. The van der Waals surface area contributed by atoms with Crippen molar-refractivity contribution in [3.63, 3.8) is 0 Å². The van der Waals surface area contributed by atoms with E-state index >= 15 is 0 Å². The zero-order valence-electron chi connectivity index (χ0n) is 9.37. The Labute approximate surface area is 96.8 Å². The molecule has 0 N–H and O–H groups in total. The number of rotatable bonds is 6. The van der Waals surface area contributed by atoms with Gasteiger partial charge in [0.15, 0.2) is 0 Å². The molecule has 0 heterocycles. The molecule has 0 bridgehead atoms. The van der Waals surface area contributed by atoms with E-state index in [-0.39, 0.29) is 0 Å². The molecule has 0 radical (unpaired) electrons. The molecule has 1 rings (SSSR count). The summed E-state index contributed by atoms with van der Waals surface area (Å²) in [5, 5.41) is 0.804. The van der Waals surface area contributed by atoms with Crippen molar-refractivity contribution < 1.29 is 4.74 Å². The molecule has 0 atom stereocenters. The molecular weight excluding hydrogens is 210 g/mol. The predicted molar refractivity (Wildman–Crippen MR) is 64.3 cm³/mol. The molecule has 1 aromatic carbocycles. The third-order valence-corrected chi connectivity index (χ3v) is 2.46. The van der Waals surface area contributed by atoms with E-state index in [1.54, 1.807) is 7.11 Å². The number of benzene rings is 1. The minimum Gasteiger partial charge on any atom is -0.385 e. The van der Waals surface area contributed by atoms with Crippen LogP contribution in [0.5, 0.6) is 0 Å². The third kappa shape index (κ3) is 5.17. The van der Waals surface area contributed by atoms with Gasteiger partial charge in [0.1, 0.15) is 0 Å². The normalized spacial score (nSPS) is 10.9. The molecule has 15 heavy (non-hydrogen) atoms. The van der Waals surface area contributed by atoms with Crippen LogP contribution in [0.2, 0.25) is 5.02 Å². The first-order valence-electron chi connectivity index (χ1n) is 5.14. The molecule has 0 spiro atoms. The minimum absolute atomic E-state index is 0.804. The highest BCUT2D eigenvalue weighted by Crippen LogP contribution is 2.12. The highest BCUT2D eigenvalue weighted by Gasteiger charge is 2.00. The zero-order chi connectivity index (χ0) is 11.1. The number of nitrogens with zero attached hydrogens (tertiary/aromatic N) is 1. The Bertz CT molecular complexity index is 291. The summed E-state index contributed by atoms with van der Waals surface area (Å²) < 4.78 is 5.01. The van der Waals surface area contributed by atoms with Crippen LogP contribution in [0.3, 0.4) is 0 Å². The fourth-order valence-corrected chi connectivity index (χ4v) is 1.72. The molecule has 0 aliphatic carbocycles. The molecule has 84 valence electrons. The van der Waals surface area contributed by atoms with Crippen molar-refractivity contribution in [3.8, 4) is 0 Å². The fraction of sp³-hybridized carbons (Fsp3) is 0.500. The van der Waals surface area contributed by atoms with Crippen LogP contribution in [-0.2, 0) is 11.3 Å². The number of ether oxygens (including phenoxy) is 1. The summed E-state index contributed by atoms with van der Waals surface area (Å²) in [7, 11) is 3.84. The Balaban J connectivity index is 2.34.